The SMILES string of the molecule is Cc1cc(C(=O)Cc2cncc(Br)c2)c(C)o1. The Hall–Kier alpha value is -1.42. The van der Waals surface area contributed by atoms with Gasteiger partial charge in [-0.1, -0.05) is 0 Å². The van der Waals surface area contributed by atoms with Crippen LogP contribution < -0.4 is 0 Å². The van der Waals surface area contributed by atoms with Crippen LogP contribution in [0.2, 0.25) is 0 Å². The minimum absolute atomic E-state index is 0.0549. The lowest BCUT2D eigenvalue weighted by Crippen LogP contribution is -2.04. The number of ketones is 1. The minimum Gasteiger partial charge on any atom is -0.466 e. The van der Waals surface area contributed by atoms with E-state index in [9.17, 15) is 4.79 Å². The van der Waals surface area contributed by atoms with Crippen molar-refractivity contribution in [2.45, 2.75) is 20.3 Å². The molecule has 2 aromatic rings. The molecule has 0 aliphatic heterocycles. The Morgan fingerprint density at radius 2 is 2.12 bits per heavy atom. The first-order valence-corrected chi connectivity index (χ1v) is 6.05. The van der Waals surface area contributed by atoms with E-state index < -0.39 is 0 Å². The lowest BCUT2D eigenvalue weighted by Gasteiger charge is -2.00. The van der Waals surface area contributed by atoms with Gasteiger partial charge in [-0.3, -0.25) is 9.78 Å². The summed E-state index contributed by atoms with van der Waals surface area (Å²) < 4.78 is 6.23. The largest absolute Gasteiger partial charge is 0.466 e. The Kier molecular flexibility index (Phi) is 3.43. The summed E-state index contributed by atoms with van der Waals surface area (Å²) in [5, 5.41) is 0. The molecule has 0 fully saturated rings. The summed E-state index contributed by atoms with van der Waals surface area (Å²) in [5.74, 6) is 1.49. The summed E-state index contributed by atoms with van der Waals surface area (Å²) in [6.45, 7) is 3.64. The van der Waals surface area contributed by atoms with Gasteiger partial charge in [0.2, 0.25) is 0 Å². The van der Waals surface area contributed by atoms with Crippen LogP contribution >= 0.6 is 15.9 Å². The van der Waals surface area contributed by atoms with E-state index in [0.29, 0.717) is 17.7 Å². The molecule has 0 aliphatic rings. The van der Waals surface area contributed by atoms with Gasteiger partial charge in [0.1, 0.15) is 11.5 Å². The highest BCUT2D eigenvalue weighted by Gasteiger charge is 2.14. The van der Waals surface area contributed by atoms with Crippen molar-refractivity contribution >= 4 is 21.7 Å². The molecular weight excluding hydrogens is 282 g/mol. The number of hydrogen-bond donors (Lipinski definition) is 0. The number of hydrogen-bond acceptors (Lipinski definition) is 3. The molecule has 3 nitrogen and oxygen atoms in total. The van der Waals surface area contributed by atoms with E-state index in [2.05, 4.69) is 20.9 Å². The van der Waals surface area contributed by atoms with Crippen molar-refractivity contribution in [2.24, 2.45) is 0 Å². The molecule has 0 atom stereocenters. The summed E-state index contributed by atoms with van der Waals surface area (Å²) >= 11 is 3.33. The smallest absolute Gasteiger partial charge is 0.170 e. The summed E-state index contributed by atoms with van der Waals surface area (Å²) in [6, 6.07) is 3.68. The first-order valence-electron chi connectivity index (χ1n) is 5.26. The maximum atomic E-state index is 12.1. The Balaban J connectivity index is 2.20. The maximum Gasteiger partial charge on any atom is 0.170 e. The van der Waals surface area contributed by atoms with Crippen LogP contribution in [0.15, 0.2) is 33.4 Å². The summed E-state index contributed by atoms with van der Waals surface area (Å²) in [5.41, 5.74) is 1.55. The molecular formula is C13H12BrNO2. The van der Waals surface area contributed by atoms with Gasteiger partial charge in [-0.2, -0.15) is 0 Å². The van der Waals surface area contributed by atoms with Crippen LogP contribution in [0, 0.1) is 13.8 Å². The van der Waals surface area contributed by atoms with Crippen molar-refractivity contribution in [1.29, 1.82) is 0 Å². The number of carbonyl (C=O) groups is 1. The molecule has 0 radical (unpaired) electrons. The Morgan fingerprint density at radius 1 is 1.35 bits per heavy atom. The predicted octanol–water partition coefficient (Wildman–Crippen LogP) is 3.48. The molecule has 0 aromatic carbocycles. The topological polar surface area (TPSA) is 43.1 Å². The zero-order valence-electron chi connectivity index (χ0n) is 9.66. The molecule has 0 bridgehead atoms. The molecule has 2 heterocycles. The molecule has 2 rings (SSSR count). The molecule has 0 amide bonds. The monoisotopic (exact) mass is 293 g/mol. The summed E-state index contributed by atoms with van der Waals surface area (Å²) in [6.07, 6.45) is 3.73. The number of pyridine rings is 1. The molecule has 88 valence electrons. The van der Waals surface area contributed by atoms with Crippen LogP contribution in [0.25, 0.3) is 0 Å². The lowest BCUT2D eigenvalue weighted by molar-refractivity contribution is 0.0991. The summed E-state index contributed by atoms with van der Waals surface area (Å²) in [7, 11) is 0. The van der Waals surface area contributed by atoms with E-state index in [1.807, 2.05) is 13.0 Å². The third-order valence-corrected chi connectivity index (χ3v) is 2.90. The highest BCUT2D eigenvalue weighted by molar-refractivity contribution is 9.10. The van der Waals surface area contributed by atoms with Gasteiger partial charge in [0.15, 0.2) is 5.78 Å². The molecule has 0 N–H and O–H groups in total. The Labute approximate surface area is 108 Å². The van der Waals surface area contributed by atoms with Gasteiger partial charge in [-0.05, 0) is 47.5 Å². The zero-order chi connectivity index (χ0) is 12.4. The highest BCUT2D eigenvalue weighted by Crippen LogP contribution is 2.17. The van der Waals surface area contributed by atoms with E-state index in [4.69, 9.17) is 4.42 Å². The quantitative estimate of drug-likeness (QED) is 0.814. The molecule has 0 spiro atoms. The number of aromatic nitrogens is 1. The second-order valence-electron chi connectivity index (χ2n) is 3.94. The van der Waals surface area contributed by atoms with Crippen molar-refractivity contribution in [1.82, 2.24) is 4.98 Å². The normalized spacial score (nSPS) is 10.5. The number of carbonyl (C=O) groups excluding carboxylic acids is 1. The average Bonchev–Trinajstić information content (AvgIpc) is 2.58. The van der Waals surface area contributed by atoms with Crippen molar-refractivity contribution in [3.63, 3.8) is 0 Å². The second kappa shape index (κ2) is 4.84. The van der Waals surface area contributed by atoms with Crippen LogP contribution in [0.4, 0.5) is 0 Å². The average molecular weight is 294 g/mol. The first kappa shape index (κ1) is 12.0. The van der Waals surface area contributed by atoms with Gasteiger partial charge in [0.25, 0.3) is 0 Å². The number of Topliss-reactive ketones (excluding diaryl/α,β-unsaturated/α-hetero) is 1. The Morgan fingerprint density at radius 3 is 2.71 bits per heavy atom. The van der Waals surface area contributed by atoms with Crippen LogP contribution in [-0.4, -0.2) is 10.8 Å². The molecule has 2 aromatic heterocycles. The van der Waals surface area contributed by atoms with Crippen LogP contribution in [0.3, 0.4) is 0 Å². The van der Waals surface area contributed by atoms with Gasteiger partial charge >= 0.3 is 0 Å². The fourth-order valence-electron chi connectivity index (χ4n) is 1.74. The number of furan rings is 1. The van der Waals surface area contributed by atoms with Crippen LogP contribution in [0.1, 0.15) is 27.4 Å². The molecule has 0 saturated heterocycles. The summed E-state index contributed by atoms with van der Waals surface area (Å²) in [4.78, 5) is 16.1. The van der Waals surface area contributed by atoms with Gasteiger partial charge in [-0.15, -0.1) is 0 Å². The van der Waals surface area contributed by atoms with Gasteiger partial charge in [-0.25, -0.2) is 0 Å². The highest BCUT2D eigenvalue weighted by atomic mass is 79.9. The predicted molar refractivity (Wildman–Crippen MR) is 68.2 cm³/mol. The molecule has 0 saturated carbocycles. The number of rotatable bonds is 3. The fraction of sp³-hybridized carbons (Fsp3) is 0.231. The fourth-order valence-corrected chi connectivity index (χ4v) is 2.15. The first-order chi connectivity index (χ1) is 8.06. The molecule has 4 heteroatoms. The van der Waals surface area contributed by atoms with Crippen LogP contribution in [-0.2, 0) is 6.42 Å². The minimum atomic E-state index is 0.0549. The third kappa shape index (κ3) is 2.82. The lowest BCUT2D eigenvalue weighted by atomic mass is 10.1. The van der Waals surface area contributed by atoms with Crippen LogP contribution in [0.5, 0.6) is 0 Å². The zero-order valence-corrected chi connectivity index (χ0v) is 11.2. The van der Waals surface area contributed by atoms with Crippen molar-refractivity contribution < 1.29 is 9.21 Å². The van der Waals surface area contributed by atoms with Gasteiger partial charge in [0, 0.05) is 23.3 Å². The number of nitrogens with zero attached hydrogens (tertiary/aromatic N) is 1. The van der Waals surface area contributed by atoms with Gasteiger partial charge in [0.05, 0.1) is 5.56 Å². The molecule has 0 unspecified atom stereocenters. The second-order valence-corrected chi connectivity index (χ2v) is 4.85. The maximum absolute atomic E-state index is 12.1. The molecule has 17 heavy (non-hydrogen) atoms. The van der Waals surface area contributed by atoms with E-state index in [-0.39, 0.29) is 5.78 Å². The molecule has 0 aliphatic carbocycles. The van der Waals surface area contributed by atoms with E-state index in [1.165, 1.54) is 0 Å². The van der Waals surface area contributed by atoms with Crippen molar-refractivity contribution in [3.8, 4) is 0 Å². The van der Waals surface area contributed by atoms with E-state index >= 15 is 0 Å². The van der Waals surface area contributed by atoms with Crippen molar-refractivity contribution in [3.05, 3.63) is 51.6 Å². The Bertz CT molecular complexity index is 560. The number of aryl methyl sites for hydroxylation is 2. The number of halogens is 1. The third-order valence-electron chi connectivity index (χ3n) is 2.47. The van der Waals surface area contributed by atoms with Crippen molar-refractivity contribution in [2.75, 3.05) is 0 Å². The van der Waals surface area contributed by atoms with Gasteiger partial charge < -0.3 is 4.42 Å². The van der Waals surface area contributed by atoms with E-state index in [0.717, 1.165) is 15.8 Å². The standard InChI is InChI=1S/C13H12BrNO2/c1-8-3-12(9(2)17-8)13(16)5-10-4-11(14)7-15-6-10/h3-4,6-7H,5H2,1-2H3. The van der Waals surface area contributed by atoms with E-state index in [1.54, 1.807) is 25.4 Å².